The first-order valence-corrected chi connectivity index (χ1v) is 7.55. The van der Waals surface area contributed by atoms with Crippen LogP contribution >= 0.6 is 0 Å². The summed E-state index contributed by atoms with van der Waals surface area (Å²) in [6.45, 7) is 14.2. The molecule has 20 heavy (non-hydrogen) atoms. The Morgan fingerprint density at radius 2 is 2.00 bits per heavy atom. The molecule has 1 N–H and O–H groups in total. The number of ether oxygens (including phenoxy) is 1. The van der Waals surface area contributed by atoms with Crippen molar-refractivity contribution in [3.63, 3.8) is 0 Å². The highest BCUT2D eigenvalue weighted by molar-refractivity contribution is 4.96. The molecule has 0 saturated heterocycles. The summed E-state index contributed by atoms with van der Waals surface area (Å²) in [7, 11) is 0. The molecule has 5 nitrogen and oxygen atoms in total. The van der Waals surface area contributed by atoms with Crippen LogP contribution in [0.1, 0.15) is 65.8 Å². The fourth-order valence-corrected chi connectivity index (χ4v) is 2.15. The average molecular weight is 283 g/mol. The van der Waals surface area contributed by atoms with E-state index in [-0.39, 0.29) is 11.5 Å². The van der Waals surface area contributed by atoms with Gasteiger partial charge in [-0.25, -0.2) is 0 Å². The molecule has 2 atom stereocenters. The van der Waals surface area contributed by atoms with Gasteiger partial charge in [-0.05, 0) is 32.2 Å². The van der Waals surface area contributed by atoms with Crippen molar-refractivity contribution < 1.29 is 9.26 Å². The highest BCUT2D eigenvalue weighted by Crippen LogP contribution is 2.34. The molecule has 1 rings (SSSR count). The lowest BCUT2D eigenvalue weighted by molar-refractivity contribution is -0.0203. The molecule has 2 unspecified atom stereocenters. The number of nitrogens with zero attached hydrogens (tertiary/aromatic N) is 2. The Morgan fingerprint density at radius 1 is 1.30 bits per heavy atom. The quantitative estimate of drug-likeness (QED) is 0.794. The standard InChI is InChI=1S/C15H29N3O2/c1-7-16-11(3)9-10-12-17-14(18-20-12)13(19-8-2)15(4,5)6/h11,13,16H,7-10H2,1-6H3. The summed E-state index contributed by atoms with van der Waals surface area (Å²) in [5.74, 6) is 1.35. The van der Waals surface area contributed by atoms with E-state index in [1.54, 1.807) is 0 Å². The van der Waals surface area contributed by atoms with Crippen LogP contribution in [0.4, 0.5) is 0 Å². The van der Waals surface area contributed by atoms with E-state index in [0.717, 1.165) is 19.4 Å². The Balaban J connectivity index is 2.65. The van der Waals surface area contributed by atoms with Crippen molar-refractivity contribution in [2.24, 2.45) is 5.41 Å². The van der Waals surface area contributed by atoms with Gasteiger partial charge in [-0.1, -0.05) is 32.9 Å². The number of nitrogens with one attached hydrogen (secondary N) is 1. The summed E-state index contributed by atoms with van der Waals surface area (Å²) >= 11 is 0. The van der Waals surface area contributed by atoms with E-state index in [9.17, 15) is 0 Å². The van der Waals surface area contributed by atoms with Crippen LogP contribution in [0.5, 0.6) is 0 Å². The third kappa shape index (κ3) is 5.21. The van der Waals surface area contributed by atoms with Crippen molar-refractivity contribution in [1.29, 1.82) is 0 Å². The second-order valence-corrected chi connectivity index (χ2v) is 6.25. The molecule has 116 valence electrons. The topological polar surface area (TPSA) is 60.2 Å². The maximum atomic E-state index is 5.77. The predicted molar refractivity (Wildman–Crippen MR) is 79.6 cm³/mol. The molecule has 0 fully saturated rings. The number of rotatable bonds is 8. The van der Waals surface area contributed by atoms with E-state index in [4.69, 9.17) is 9.26 Å². The smallest absolute Gasteiger partial charge is 0.226 e. The molecule has 0 amide bonds. The number of aryl methyl sites for hydroxylation is 1. The van der Waals surface area contributed by atoms with Gasteiger partial charge < -0.3 is 14.6 Å². The zero-order valence-electron chi connectivity index (χ0n) is 13.7. The number of hydrogen-bond donors (Lipinski definition) is 1. The summed E-state index contributed by atoms with van der Waals surface area (Å²) in [5, 5.41) is 7.47. The molecule has 0 bridgehead atoms. The minimum Gasteiger partial charge on any atom is -0.370 e. The molecule has 0 aliphatic heterocycles. The average Bonchev–Trinajstić information content (AvgIpc) is 2.80. The molecule has 0 spiro atoms. The number of aromatic nitrogens is 2. The second kappa shape index (κ2) is 7.74. The molecule has 1 aromatic rings. The van der Waals surface area contributed by atoms with Crippen molar-refractivity contribution in [3.8, 4) is 0 Å². The lowest BCUT2D eigenvalue weighted by Gasteiger charge is -2.27. The Hall–Kier alpha value is -0.940. The van der Waals surface area contributed by atoms with E-state index in [1.807, 2.05) is 6.92 Å². The van der Waals surface area contributed by atoms with Gasteiger partial charge in [0.15, 0.2) is 0 Å². The maximum Gasteiger partial charge on any atom is 0.226 e. The van der Waals surface area contributed by atoms with Crippen molar-refractivity contribution in [3.05, 3.63) is 11.7 Å². The Morgan fingerprint density at radius 3 is 2.55 bits per heavy atom. The molecular weight excluding hydrogens is 254 g/mol. The molecule has 1 heterocycles. The third-order valence-corrected chi connectivity index (χ3v) is 3.18. The van der Waals surface area contributed by atoms with Gasteiger partial charge in [0.05, 0.1) is 0 Å². The Bertz CT molecular complexity index is 385. The van der Waals surface area contributed by atoms with Crippen LogP contribution in [0.25, 0.3) is 0 Å². The van der Waals surface area contributed by atoms with Crippen LogP contribution in [0.15, 0.2) is 4.52 Å². The summed E-state index contributed by atoms with van der Waals surface area (Å²) in [6, 6.07) is 0.459. The van der Waals surface area contributed by atoms with Gasteiger partial charge in [0.2, 0.25) is 11.7 Å². The fraction of sp³-hybridized carbons (Fsp3) is 0.867. The van der Waals surface area contributed by atoms with E-state index in [0.29, 0.717) is 24.4 Å². The van der Waals surface area contributed by atoms with Crippen LogP contribution in [0, 0.1) is 5.41 Å². The first-order chi connectivity index (χ1) is 9.38. The van der Waals surface area contributed by atoms with Gasteiger partial charge in [-0.15, -0.1) is 0 Å². The minimum atomic E-state index is -0.129. The van der Waals surface area contributed by atoms with Crippen LogP contribution in [0.3, 0.4) is 0 Å². The van der Waals surface area contributed by atoms with Crippen molar-refractivity contribution in [2.75, 3.05) is 13.2 Å². The summed E-state index contributed by atoms with van der Waals surface area (Å²) in [5.41, 5.74) is -0.0474. The molecule has 0 aliphatic carbocycles. The summed E-state index contributed by atoms with van der Waals surface area (Å²) in [4.78, 5) is 4.50. The highest BCUT2D eigenvalue weighted by Gasteiger charge is 2.31. The number of hydrogen-bond acceptors (Lipinski definition) is 5. The fourth-order valence-electron chi connectivity index (χ4n) is 2.15. The van der Waals surface area contributed by atoms with E-state index < -0.39 is 0 Å². The third-order valence-electron chi connectivity index (χ3n) is 3.18. The van der Waals surface area contributed by atoms with Crippen molar-refractivity contribution >= 4 is 0 Å². The highest BCUT2D eigenvalue weighted by atomic mass is 16.5. The van der Waals surface area contributed by atoms with Gasteiger partial charge in [-0.2, -0.15) is 4.98 Å². The molecule has 0 radical (unpaired) electrons. The van der Waals surface area contributed by atoms with Crippen molar-refractivity contribution in [1.82, 2.24) is 15.5 Å². The van der Waals surface area contributed by atoms with Crippen LogP contribution < -0.4 is 5.32 Å². The normalized spacial score (nSPS) is 15.3. The molecule has 0 saturated carbocycles. The van der Waals surface area contributed by atoms with Crippen LogP contribution in [-0.4, -0.2) is 29.3 Å². The summed E-state index contributed by atoms with van der Waals surface area (Å²) < 4.78 is 11.1. The van der Waals surface area contributed by atoms with Gasteiger partial charge in [-0.3, -0.25) is 0 Å². The minimum absolute atomic E-state index is 0.0474. The Kier molecular flexibility index (Phi) is 6.62. The molecule has 1 aromatic heterocycles. The molecule has 5 heteroatoms. The molecule has 0 aromatic carbocycles. The van der Waals surface area contributed by atoms with Crippen LogP contribution in [-0.2, 0) is 11.2 Å². The van der Waals surface area contributed by atoms with E-state index >= 15 is 0 Å². The lowest BCUT2D eigenvalue weighted by Crippen LogP contribution is -2.26. The Labute approximate surface area is 122 Å². The first kappa shape index (κ1) is 17.1. The van der Waals surface area contributed by atoms with Gasteiger partial charge in [0, 0.05) is 19.1 Å². The first-order valence-electron chi connectivity index (χ1n) is 7.55. The van der Waals surface area contributed by atoms with E-state index in [1.165, 1.54) is 0 Å². The van der Waals surface area contributed by atoms with Gasteiger partial charge >= 0.3 is 0 Å². The summed E-state index contributed by atoms with van der Waals surface area (Å²) in [6.07, 6.45) is 1.66. The SMILES string of the molecule is CCNC(C)CCc1nc(C(OCC)C(C)(C)C)no1. The second-order valence-electron chi connectivity index (χ2n) is 6.25. The molecular formula is C15H29N3O2. The lowest BCUT2D eigenvalue weighted by atomic mass is 9.88. The maximum absolute atomic E-state index is 5.77. The van der Waals surface area contributed by atoms with Crippen molar-refractivity contribution in [2.45, 2.75) is 66.5 Å². The predicted octanol–water partition coefficient (Wildman–Crippen LogP) is 3.12. The van der Waals surface area contributed by atoms with Gasteiger partial charge in [0.1, 0.15) is 6.10 Å². The largest absolute Gasteiger partial charge is 0.370 e. The zero-order chi connectivity index (χ0) is 15.2. The van der Waals surface area contributed by atoms with Crippen LogP contribution in [0.2, 0.25) is 0 Å². The van der Waals surface area contributed by atoms with E-state index in [2.05, 4.69) is 50.1 Å². The van der Waals surface area contributed by atoms with Gasteiger partial charge in [0.25, 0.3) is 0 Å². The molecule has 0 aliphatic rings. The monoisotopic (exact) mass is 283 g/mol. The zero-order valence-corrected chi connectivity index (χ0v) is 13.7.